The SMILES string of the molecule is CCNC(=NCCCNC(=O)c1cccc(O)c1)NC1CC(OCC)C12CCC2.I. The second-order valence-electron chi connectivity index (χ2n) is 7.88. The minimum Gasteiger partial charge on any atom is -0.508 e. The fourth-order valence-corrected chi connectivity index (χ4v) is 4.35. The average Bonchev–Trinajstić information content (AvgIpc) is 2.65. The molecule has 1 amide bonds. The van der Waals surface area contributed by atoms with Crippen molar-refractivity contribution in [3.63, 3.8) is 0 Å². The van der Waals surface area contributed by atoms with Crippen LogP contribution in [0.1, 0.15) is 56.3 Å². The maximum absolute atomic E-state index is 12.1. The molecular weight excluding hydrogens is 495 g/mol. The zero-order valence-electron chi connectivity index (χ0n) is 17.9. The van der Waals surface area contributed by atoms with E-state index in [1.54, 1.807) is 18.2 Å². The van der Waals surface area contributed by atoms with Crippen LogP contribution in [0.5, 0.6) is 5.75 Å². The summed E-state index contributed by atoms with van der Waals surface area (Å²) in [6.45, 7) is 6.89. The van der Waals surface area contributed by atoms with E-state index < -0.39 is 0 Å². The smallest absolute Gasteiger partial charge is 0.251 e. The Kier molecular flexibility index (Phi) is 9.67. The molecule has 8 heteroatoms. The van der Waals surface area contributed by atoms with Crippen LogP contribution in [-0.4, -0.2) is 55.4 Å². The normalized spacial score (nSPS) is 21.7. The van der Waals surface area contributed by atoms with Crippen LogP contribution in [0.4, 0.5) is 0 Å². The van der Waals surface area contributed by atoms with Crippen molar-refractivity contribution in [2.45, 2.75) is 58.1 Å². The molecule has 168 valence electrons. The first-order valence-corrected chi connectivity index (χ1v) is 10.8. The third-order valence-electron chi connectivity index (χ3n) is 6.09. The van der Waals surface area contributed by atoms with Gasteiger partial charge in [0, 0.05) is 43.3 Å². The zero-order valence-corrected chi connectivity index (χ0v) is 20.3. The number of carbonyl (C=O) groups excluding carboxylic acids is 1. The van der Waals surface area contributed by atoms with Crippen molar-refractivity contribution in [3.05, 3.63) is 29.8 Å². The molecular formula is C22H35IN4O3. The molecule has 2 atom stereocenters. The van der Waals surface area contributed by atoms with Crippen LogP contribution in [0.15, 0.2) is 29.3 Å². The molecule has 0 bridgehead atoms. The highest BCUT2D eigenvalue weighted by atomic mass is 127. The summed E-state index contributed by atoms with van der Waals surface area (Å²) >= 11 is 0. The van der Waals surface area contributed by atoms with E-state index in [1.165, 1.54) is 25.3 Å². The number of rotatable bonds is 9. The molecule has 2 saturated carbocycles. The summed E-state index contributed by atoms with van der Waals surface area (Å²) in [5.41, 5.74) is 0.754. The zero-order chi connectivity index (χ0) is 20.7. The first kappa shape index (κ1) is 24.7. The van der Waals surface area contributed by atoms with Crippen LogP contribution < -0.4 is 16.0 Å². The quantitative estimate of drug-likeness (QED) is 0.171. The van der Waals surface area contributed by atoms with Crippen molar-refractivity contribution in [2.24, 2.45) is 10.4 Å². The molecule has 4 N–H and O–H groups in total. The van der Waals surface area contributed by atoms with Gasteiger partial charge < -0.3 is 25.8 Å². The molecule has 0 aliphatic heterocycles. The monoisotopic (exact) mass is 530 g/mol. The lowest BCUT2D eigenvalue weighted by Crippen LogP contribution is -2.68. The third-order valence-corrected chi connectivity index (χ3v) is 6.09. The second-order valence-corrected chi connectivity index (χ2v) is 7.88. The number of ether oxygens (including phenoxy) is 1. The van der Waals surface area contributed by atoms with Gasteiger partial charge in [-0.1, -0.05) is 12.5 Å². The van der Waals surface area contributed by atoms with E-state index in [0.29, 0.717) is 36.2 Å². The largest absolute Gasteiger partial charge is 0.508 e. The van der Waals surface area contributed by atoms with Gasteiger partial charge in [0.05, 0.1) is 6.10 Å². The molecule has 1 aromatic rings. The highest BCUT2D eigenvalue weighted by molar-refractivity contribution is 14.0. The number of carbonyl (C=O) groups is 1. The Hall–Kier alpha value is -1.55. The average molecular weight is 530 g/mol. The number of guanidine groups is 1. The molecule has 2 aliphatic carbocycles. The molecule has 1 spiro atoms. The molecule has 2 unspecified atom stereocenters. The summed E-state index contributed by atoms with van der Waals surface area (Å²) < 4.78 is 5.93. The highest BCUT2D eigenvalue weighted by Gasteiger charge is 2.59. The summed E-state index contributed by atoms with van der Waals surface area (Å²) in [7, 11) is 0. The van der Waals surface area contributed by atoms with Gasteiger partial charge in [-0.15, -0.1) is 24.0 Å². The van der Waals surface area contributed by atoms with E-state index in [4.69, 9.17) is 4.74 Å². The van der Waals surface area contributed by atoms with Gasteiger partial charge >= 0.3 is 0 Å². The number of benzene rings is 1. The van der Waals surface area contributed by atoms with Gasteiger partial charge in [0.1, 0.15) is 5.75 Å². The first-order valence-electron chi connectivity index (χ1n) is 10.8. The lowest BCUT2D eigenvalue weighted by molar-refractivity contribution is -0.168. The predicted octanol–water partition coefficient (Wildman–Crippen LogP) is 3.03. The molecule has 7 nitrogen and oxygen atoms in total. The molecule has 2 fully saturated rings. The molecule has 0 heterocycles. The lowest BCUT2D eigenvalue weighted by Gasteiger charge is -2.61. The van der Waals surface area contributed by atoms with Crippen LogP contribution >= 0.6 is 24.0 Å². The van der Waals surface area contributed by atoms with Gasteiger partial charge in [-0.2, -0.15) is 0 Å². The Morgan fingerprint density at radius 2 is 2.10 bits per heavy atom. The Morgan fingerprint density at radius 3 is 2.73 bits per heavy atom. The van der Waals surface area contributed by atoms with Gasteiger partial charge in [-0.25, -0.2) is 0 Å². The number of aromatic hydroxyl groups is 1. The topological polar surface area (TPSA) is 95.0 Å². The van der Waals surface area contributed by atoms with Gasteiger partial charge in [-0.3, -0.25) is 9.79 Å². The maximum Gasteiger partial charge on any atom is 0.251 e. The number of phenols is 1. The van der Waals surface area contributed by atoms with E-state index >= 15 is 0 Å². The Bertz CT molecular complexity index is 724. The van der Waals surface area contributed by atoms with Crippen LogP contribution in [-0.2, 0) is 4.74 Å². The summed E-state index contributed by atoms with van der Waals surface area (Å²) in [5, 5.41) is 19.3. The Balaban J connectivity index is 0.00000320. The first-order chi connectivity index (χ1) is 14.1. The Morgan fingerprint density at radius 1 is 1.30 bits per heavy atom. The van der Waals surface area contributed by atoms with Crippen molar-refractivity contribution in [1.29, 1.82) is 0 Å². The number of hydrogen-bond acceptors (Lipinski definition) is 4. The molecule has 0 radical (unpaired) electrons. The number of phenolic OH excluding ortho intramolecular Hbond substituents is 1. The van der Waals surface area contributed by atoms with Crippen LogP contribution in [0, 0.1) is 5.41 Å². The van der Waals surface area contributed by atoms with Crippen molar-refractivity contribution >= 4 is 35.8 Å². The van der Waals surface area contributed by atoms with Crippen molar-refractivity contribution in [1.82, 2.24) is 16.0 Å². The van der Waals surface area contributed by atoms with Crippen molar-refractivity contribution in [3.8, 4) is 5.75 Å². The van der Waals surface area contributed by atoms with Gasteiger partial charge in [0.2, 0.25) is 0 Å². The second kappa shape index (κ2) is 11.7. The standard InChI is InChI=1S/C22H34N4O3.HI/c1-3-23-21(26-18-15-19(29-4-2)22(18)10-6-11-22)25-13-7-12-24-20(28)16-8-5-9-17(27)14-16;/h5,8-9,14,18-19,27H,3-4,6-7,10-13,15H2,1-2H3,(H,24,28)(H2,23,25,26);1H. The summed E-state index contributed by atoms with van der Waals surface area (Å²) in [6, 6.07) is 6.79. The van der Waals surface area contributed by atoms with Crippen molar-refractivity contribution in [2.75, 3.05) is 26.2 Å². The van der Waals surface area contributed by atoms with Gasteiger partial charge in [0.25, 0.3) is 5.91 Å². The summed E-state index contributed by atoms with van der Waals surface area (Å²) in [4.78, 5) is 16.8. The van der Waals surface area contributed by atoms with E-state index in [1.807, 2.05) is 0 Å². The summed E-state index contributed by atoms with van der Waals surface area (Å²) in [5.74, 6) is 0.756. The van der Waals surface area contributed by atoms with Crippen LogP contribution in [0.25, 0.3) is 0 Å². The predicted molar refractivity (Wildman–Crippen MR) is 130 cm³/mol. The number of nitrogens with one attached hydrogen (secondary N) is 3. The minimum atomic E-state index is -0.182. The lowest BCUT2D eigenvalue weighted by atomic mass is 9.51. The number of amides is 1. The van der Waals surface area contributed by atoms with Gasteiger partial charge in [0.15, 0.2) is 5.96 Å². The molecule has 1 aromatic carbocycles. The number of aliphatic imine (C=N–C) groups is 1. The van der Waals surface area contributed by atoms with Crippen LogP contribution in [0.2, 0.25) is 0 Å². The molecule has 2 aliphatic rings. The number of halogens is 1. The highest BCUT2D eigenvalue weighted by Crippen LogP contribution is 2.57. The van der Waals surface area contributed by atoms with E-state index in [2.05, 4.69) is 34.8 Å². The molecule has 0 aromatic heterocycles. The molecule has 3 rings (SSSR count). The number of nitrogens with zero attached hydrogens (tertiary/aromatic N) is 1. The maximum atomic E-state index is 12.1. The van der Waals surface area contributed by atoms with Crippen molar-refractivity contribution < 1.29 is 14.6 Å². The minimum absolute atomic E-state index is 0. The number of hydrogen-bond donors (Lipinski definition) is 4. The van der Waals surface area contributed by atoms with Gasteiger partial charge in [-0.05, 0) is 57.7 Å². The molecule has 0 saturated heterocycles. The summed E-state index contributed by atoms with van der Waals surface area (Å²) in [6.07, 6.45) is 5.92. The van der Waals surface area contributed by atoms with E-state index in [-0.39, 0.29) is 35.6 Å². The van der Waals surface area contributed by atoms with E-state index in [0.717, 1.165) is 32.0 Å². The molecule has 30 heavy (non-hydrogen) atoms. The van der Waals surface area contributed by atoms with E-state index in [9.17, 15) is 9.90 Å². The Labute approximate surface area is 196 Å². The van der Waals surface area contributed by atoms with Crippen LogP contribution in [0.3, 0.4) is 0 Å². The third kappa shape index (κ3) is 5.78. The fourth-order valence-electron chi connectivity index (χ4n) is 4.35. The fraction of sp³-hybridized carbons (Fsp3) is 0.636.